The van der Waals surface area contributed by atoms with Crippen LogP contribution >= 0.6 is 0 Å². The third-order valence-electron chi connectivity index (χ3n) is 4.97. The molecular weight excluding hydrogens is 224 g/mol. The first-order valence-corrected chi connectivity index (χ1v) is 7.95. The predicted molar refractivity (Wildman–Crippen MR) is 73.7 cm³/mol. The number of likely N-dealkylation sites (tertiary alicyclic amines) is 1. The van der Waals surface area contributed by atoms with Crippen molar-refractivity contribution in [1.82, 2.24) is 10.2 Å². The zero-order valence-electron chi connectivity index (χ0n) is 11.6. The molecule has 0 radical (unpaired) electrons. The van der Waals surface area contributed by atoms with E-state index in [9.17, 15) is 0 Å². The molecule has 0 spiro atoms. The van der Waals surface area contributed by atoms with E-state index in [1.165, 1.54) is 51.6 Å². The van der Waals surface area contributed by atoms with Crippen LogP contribution in [-0.2, 0) is 4.74 Å². The smallest absolute Gasteiger partial charge is 0.0600 e. The summed E-state index contributed by atoms with van der Waals surface area (Å²) in [6.45, 7) is 7.07. The molecule has 2 bridgehead atoms. The van der Waals surface area contributed by atoms with Crippen LogP contribution in [0.1, 0.15) is 38.5 Å². The van der Waals surface area contributed by atoms with Gasteiger partial charge in [-0.2, -0.15) is 0 Å². The van der Waals surface area contributed by atoms with Crippen LogP contribution in [0.4, 0.5) is 0 Å². The SMILES string of the molecule is C1CC2CC(C1)CN(CCOC1CCNCC1)C2. The predicted octanol–water partition coefficient (Wildman–Crippen LogP) is 1.88. The Kier molecular flexibility index (Phi) is 4.55. The van der Waals surface area contributed by atoms with Gasteiger partial charge >= 0.3 is 0 Å². The summed E-state index contributed by atoms with van der Waals surface area (Å²) in [6, 6.07) is 0. The van der Waals surface area contributed by atoms with E-state index in [0.29, 0.717) is 6.10 Å². The zero-order chi connectivity index (χ0) is 12.2. The Hall–Kier alpha value is -0.120. The Morgan fingerprint density at radius 2 is 1.72 bits per heavy atom. The number of fused-ring (bicyclic) bond motifs is 2. The van der Waals surface area contributed by atoms with Gasteiger partial charge in [0.25, 0.3) is 0 Å². The number of hydrogen-bond donors (Lipinski definition) is 1. The molecule has 2 saturated heterocycles. The monoisotopic (exact) mass is 252 g/mol. The summed E-state index contributed by atoms with van der Waals surface area (Å²) in [4.78, 5) is 2.67. The Labute approximate surface area is 111 Å². The first-order valence-electron chi connectivity index (χ1n) is 7.95. The number of ether oxygens (including phenoxy) is 1. The van der Waals surface area contributed by atoms with E-state index in [4.69, 9.17) is 4.74 Å². The largest absolute Gasteiger partial charge is 0.377 e. The van der Waals surface area contributed by atoms with Crippen molar-refractivity contribution in [2.45, 2.75) is 44.6 Å². The fraction of sp³-hybridized carbons (Fsp3) is 1.00. The van der Waals surface area contributed by atoms with Crippen molar-refractivity contribution >= 4 is 0 Å². The van der Waals surface area contributed by atoms with Gasteiger partial charge in [0.05, 0.1) is 12.7 Å². The van der Waals surface area contributed by atoms with E-state index in [-0.39, 0.29) is 0 Å². The average molecular weight is 252 g/mol. The molecule has 1 N–H and O–H groups in total. The van der Waals surface area contributed by atoms with Gasteiger partial charge < -0.3 is 15.0 Å². The molecule has 3 nitrogen and oxygen atoms in total. The highest BCUT2D eigenvalue weighted by molar-refractivity contribution is 4.83. The van der Waals surface area contributed by atoms with Gasteiger partial charge in [-0.15, -0.1) is 0 Å². The molecule has 18 heavy (non-hydrogen) atoms. The van der Waals surface area contributed by atoms with Gasteiger partial charge in [0.15, 0.2) is 0 Å². The number of rotatable bonds is 4. The molecular formula is C15H28N2O. The number of hydrogen-bond acceptors (Lipinski definition) is 3. The molecule has 1 aliphatic carbocycles. The van der Waals surface area contributed by atoms with Gasteiger partial charge in [-0.1, -0.05) is 6.42 Å². The molecule has 0 aromatic heterocycles. The van der Waals surface area contributed by atoms with E-state index in [1.807, 2.05) is 0 Å². The van der Waals surface area contributed by atoms with E-state index in [0.717, 1.165) is 38.1 Å². The normalized spacial score (nSPS) is 34.7. The van der Waals surface area contributed by atoms with Gasteiger partial charge in [0.2, 0.25) is 0 Å². The molecule has 0 amide bonds. The van der Waals surface area contributed by atoms with Crippen LogP contribution in [-0.4, -0.2) is 50.3 Å². The maximum Gasteiger partial charge on any atom is 0.0600 e. The molecule has 104 valence electrons. The Bertz CT molecular complexity index is 241. The van der Waals surface area contributed by atoms with Crippen molar-refractivity contribution in [3.63, 3.8) is 0 Å². The first kappa shape index (κ1) is 12.9. The van der Waals surface area contributed by atoms with Gasteiger partial charge in [-0.3, -0.25) is 0 Å². The molecule has 2 aliphatic heterocycles. The lowest BCUT2D eigenvalue weighted by molar-refractivity contribution is 0.00361. The van der Waals surface area contributed by atoms with Crippen LogP contribution < -0.4 is 5.32 Å². The Morgan fingerprint density at radius 3 is 2.44 bits per heavy atom. The third-order valence-corrected chi connectivity index (χ3v) is 4.97. The van der Waals surface area contributed by atoms with Crippen LogP contribution in [0.25, 0.3) is 0 Å². The van der Waals surface area contributed by atoms with Crippen molar-refractivity contribution in [1.29, 1.82) is 0 Å². The highest BCUT2D eigenvalue weighted by Crippen LogP contribution is 2.34. The second-order valence-electron chi connectivity index (χ2n) is 6.48. The van der Waals surface area contributed by atoms with Crippen molar-refractivity contribution in [2.75, 3.05) is 39.3 Å². The second-order valence-corrected chi connectivity index (χ2v) is 6.48. The maximum absolute atomic E-state index is 6.03. The fourth-order valence-electron chi connectivity index (χ4n) is 4.03. The van der Waals surface area contributed by atoms with Crippen LogP contribution in [0, 0.1) is 11.8 Å². The van der Waals surface area contributed by atoms with Crippen molar-refractivity contribution in [3.8, 4) is 0 Å². The third kappa shape index (κ3) is 3.46. The molecule has 2 atom stereocenters. The van der Waals surface area contributed by atoms with Crippen LogP contribution in [0.5, 0.6) is 0 Å². The summed E-state index contributed by atoms with van der Waals surface area (Å²) in [6.07, 6.45) is 8.86. The number of nitrogens with zero attached hydrogens (tertiary/aromatic N) is 1. The first-order chi connectivity index (χ1) is 8.90. The van der Waals surface area contributed by atoms with Crippen LogP contribution in [0.15, 0.2) is 0 Å². The van der Waals surface area contributed by atoms with Crippen molar-refractivity contribution in [2.24, 2.45) is 11.8 Å². The quantitative estimate of drug-likeness (QED) is 0.827. The molecule has 2 heterocycles. The van der Waals surface area contributed by atoms with E-state index in [1.54, 1.807) is 0 Å². The molecule has 3 aliphatic rings. The van der Waals surface area contributed by atoms with Crippen LogP contribution in [0.2, 0.25) is 0 Å². The van der Waals surface area contributed by atoms with Gasteiger partial charge in [0, 0.05) is 19.6 Å². The summed E-state index contributed by atoms with van der Waals surface area (Å²) >= 11 is 0. The number of piperidine rings is 2. The molecule has 3 fully saturated rings. The standard InChI is InChI=1S/C15H28N2O/c1-2-13-10-14(3-1)12-17(11-13)8-9-18-15-4-6-16-7-5-15/h13-16H,1-12H2. The Balaban J connectivity index is 1.35. The maximum atomic E-state index is 6.03. The summed E-state index contributed by atoms with van der Waals surface area (Å²) in [5.41, 5.74) is 0. The molecule has 3 rings (SSSR count). The highest BCUT2D eigenvalue weighted by Gasteiger charge is 2.30. The van der Waals surface area contributed by atoms with E-state index in [2.05, 4.69) is 10.2 Å². The minimum atomic E-state index is 0.524. The summed E-state index contributed by atoms with van der Waals surface area (Å²) < 4.78 is 6.03. The molecule has 0 aromatic rings. The summed E-state index contributed by atoms with van der Waals surface area (Å²) in [5.74, 6) is 1.99. The van der Waals surface area contributed by atoms with Crippen molar-refractivity contribution < 1.29 is 4.74 Å². The highest BCUT2D eigenvalue weighted by atomic mass is 16.5. The van der Waals surface area contributed by atoms with Gasteiger partial charge in [-0.25, -0.2) is 0 Å². The minimum Gasteiger partial charge on any atom is -0.377 e. The van der Waals surface area contributed by atoms with Crippen LogP contribution in [0.3, 0.4) is 0 Å². The fourth-order valence-corrected chi connectivity index (χ4v) is 4.03. The van der Waals surface area contributed by atoms with E-state index >= 15 is 0 Å². The topological polar surface area (TPSA) is 24.5 Å². The summed E-state index contributed by atoms with van der Waals surface area (Å²) in [7, 11) is 0. The molecule has 1 saturated carbocycles. The Morgan fingerprint density at radius 1 is 1.00 bits per heavy atom. The molecule has 2 unspecified atom stereocenters. The second kappa shape index (κ2) is 6.36. The lowest BCUT2D eigenvalue weighted by Gasteiger charge is -2.41. The zero-order valence-corrected chi connectivity index (χ0v) is 11.6. The molecule has 3 heteroatoms. The van der Waals surface area contributed by atoms with E-state index < -0.39 is 0 Å². The van der Waals surface area contributed by atoms with Gasteiger partial charge in [0.1, 0.15) is 0 Å². The van der Waals surface area contributed by atoms with Gasteiger partial charge in [-0.05, 0) is 57.0 Å². The number of nitrogens with one attached hydrogen (secondary N) is 1. The average Bonchev–Trinajstić information content (AvgIpc) is 2.40. The lowest BCUT2D eigenvalue weighted by Crippen LogP contribution is -2.44. The molecule has 0 aromatic carbocycles. The lowest BCUT2D eigenvalue weighted by atomic mass is 9.78. The minimum absolute atomic E-state index is 0.524. The summed E-state index contributed by atoms with van der Waals surface area (Å²) in [5, 5.41) is 3.39. The van der Waals surface area contributed by atoms with Crippen molar-refractivity contribution in [3.05, 3.63) is 0 Å².